The van der Waals surface area contributed by atoms with Gasteiger partial charge in [-0.25, -0.2) is 4.79 Å². The SMILES string of the molecule is C=CCC(NC(=O)c1ccc(OC)cc1N)C(=O)O. The van der Waals surface area contributed by atoms with Crippen LogP contribution in [0, 0.1) is 0 Å². The Morgan fingerprint density at radius 2 is 2.26 bits per heavy atom. The van der Waals surface area contributed by atoms with Gasteiger partial charge in [0.05, 0.1) is 12.7 Å². The van der Waals surface area contributed by atoms with E-state index in [-0.39, 0.29) is 17.7 Å². The summed E-state index contributed by atoms with van der Waals surface area (Å²) in [6.45, 7) is 3.45. The van der Waals surface area contributed by atoms with Crippen LogP contribution in [0.5, 0.6) is 5.75 Å². The van der Waals surface area contributed by atoms with Gasteiger partial charge in [-0.1, -0.05) is 6.08 Å². The summed E-state index contributed by atoms with van der Waals surface area (Å²) in [7, 11) is 1.49. The van der Waals surface area contributed by atoms with E-state index < -0.39 is 17.9 Å². The number of hydrogen-bond donors (Lipinski definition) is 3. The highest BCUT2D eigenvalue weighted by molar-refractivity contribution is 6.01. The monoisotopic (exact) mass is 264 g/mol. The number of rotatable bonds is 6. The zero-order valence-corrected chi connectivity index (χ0v) is 10.6. The quantitative estimate of drug-likeness (QED) is 0.526. The van der Waals surface area contributed by atoms with Gasteiger partial charge in [-0.2, -0.15) is 0 Å². The zero-order chi connectivity index (χ0) is 14.4. The third-order valence-electron chi connectivity index (χ3n) is 2.51. The molecule has 1 atom stereocenters. The topological polar surface area (TPSA) is 102 Å². The largest absolute Gasteiger partial charge is 0.497 e. The van der Waals surface area contributed by atoms with Crippen molar-refractivity contribution in [3.63, 3.8) is 0 Å². The summed E-state index contributed by atoms with van der Waals surface area (Å²) in [4.78, 5) is 22.9. The van der Waals surface area contributed by atoms with Crippen molar-refractivity contribution in [2.24, 2.45) is 0 Å². The van der Waals surface area contributed by atoms with E-state index in [1.54, 1.807) is 6.07 Å². The zero-order valence-electron chi connectivity index (χ0n) is 10.6. The number of carbonyl (C=O) groups excluding carboxylic acids is 1. The number of nitrogen functional groups attached to an aromatic ring is 1. The molecule has 6 heteroatoms. The molecule has 0 aliphatic carbocycles. The second-order valence-electron chi connectivity index (χ2n) is 3.84. The lowest BCUT2D eigenvalue weighted by molar-refractivity contribution is -0.139. The van der Waals surface area contributed by atoms with Crippen molar-refractivity contribution < 1.29 is 19.4 Å². The van der Waals surface area contributed by atoms with Crippen LogP contribution in [0.15, 0.2) is 30.9 Å². The van der Waals surface area contributed by atoms with Gasteiger partial charge in [0.25, 0.3) is 5.91 Å². The lowest BCUT2D eigenvalue weighted by atomic mass is 10.1. The summed E-state index contributed by atoms with van der Waals surface area (Å²) < 4.78 is 4.97. The first kappa shape index (κ1) is 14.6. The predicted octanol–water partition coefficient (Wildman–Crippen LogP) is 1.04. The highest BCUT2D eigenvalue weighted by Gasteiger charge is 2.20. The fourth-order valence-electron chi connectivity index (χ4n) is 1.50. The van der Waals surface area contributed by atoms with E-state index in [4.69, 9.17) is 15.6 Å². The number of carboxylic acid groups (broad SMARTS) is 1. The summed E-state index contributed by atoms with van der Waals surface area (Å²) in [6, 6.07) is 3.54. The summed E-state index contributed by atoms with van der Waals surface area (Å²) in [6.07, 6.45) is 1.56. The fourth-order valence-corrected chi connectivity index (χ4v) is 1.50. The van der Waals surface area contributed by atoms with Gasteiger partial charge in [-0.05, 0) is 18.6 Å². The highest BCUT2D eigenvalue weighted by atomic mass is 16.5. The number of carboxylic acids is 1. The number of ether oxygens (including phenoxy) is 1. The smallest absolute Gasteiger partial charge is 0.326 e. The van der Waals surface area contributed by atoms with E-state index in [1.807, 2.05) is 0 Å². The van der Waals surface area contributed by atoms with Gasteiger partial charge >= 0.3 is 5.97 Å². The Labute approximate surface area is 110 Å². The van der Waals surface area contributed by atoms with Crippen LogP contribution in [-0.2, 0) is 4.79 Å². The number of anilines is 1. The number of nitrogens with two attached hydrogens (primary N) is 1. The van der Waals surface area contributed by atoms with E-state index in [0.717, 1.165) is 0 Å². The lowest BCUT2D eigenvalue weighted by Gasteiger charge is -2.14. The van der Waals surface area contributed by atoms with Gasteiger partial charge < -0.3 is 20.9 Å². The maximum Gasteiger partial charge on any atom is 0.326 e. The molecule has 4 N–H and O–H groups in total. The van der Waals surface area contributed by atoms with E-state index in [0.29, 0.717) is 5.75 Å². The van der Waals surface area contributed by atoms with Crippen LogP contribution >= 0.6 is 0 Å². The van der Waals surface area contributed by atoms with Crippen LogP contribution in [0.2, 0.25) is 0 Å². The number of hydrogen-bond acceptors (Lipinski definition) is 4. The Balaban J connectivity index is 2.88. The van der Waals surface area contributed by atoms with Gasteiger partial charge in [-0.15, -0.1) is 6.58 Å². The first-order chi connectivity index (χ1) is 8.99. The minimum atomic E-state index is -1.12. The molecule has 1 aromatic carbocycles. The van der Waals surface area contributed by atoms with E-state index >= 15 is 0 Å². The molecule has 0 heterocycles. The van der Waals surface area contributed by atoms with Gasteiger partial charge in [-0.3, -0.25) is 4.79 Å². The number of benzene rings is 1. The molecule has 0 aliphatic heterocycles. The molecule has 0 saturated heterocycles. The molecule has 0 radical (unpaired) electrons. The molecule has 0 spiro atoms. The lowest BCUT2D eigenvalue weighted by Crippen LogP contribution is -2.40. The number of methoxy groups -OCH3 is 1. The van der Waals surface area contributed by atoms with Crippen LogP contribution in [-0.4, -0.2) is 30.1 Å². The predicted molar refractivity (Wildman–Crippen MR) is 71.1 cm³/mol. The number of carbonyl (C=O) groups is 2. The van der Waals surface area contributed by atoms with Crippen molar-refractivity contribution >= 4 is 17.6 Å². The molecule has 6 nitrogen and oxygen atoms in total. The number of nitrogens with one attached hydrogen (secondary N) is 1. The first-order valence-corrected chi connectivity index (χ1v) is 5.57. The molecule has 1 aromatic rings. The van der Waals surface area contributed by atoms with Crippen LogP contribution in [0.4, 0.5) is 5.69 Å². The third kappa shape index (κ3) is 3.74. The Bertz CT molecular complexity index is 499. The average molecular weight is 264 g/mol. The maximum absolute atomic E-state index is 11.9. The second kappa shape index (κ2) is 6.44. The Kier molecular flexibility index (Phi) is 4.93. The maximum atomic E-state index is 11.9. The molecule has 0 aliphatic rings. The average Bonchev–Trinajstić information content (AvgIpc) is 2.37. The van der Waals surface area contributed by atoms with Crippen molar-refractivity contribution in [2.45, 2.75) is 12.5 Å². The minimum Gasteiger partial charge on any atom is -0.497 e. The molecule has 1 amide bonds. The second-order valence-corrected chi connectivity index (χ2v) is 3.84. The molecule has 0 bridgehead atoms. The van der Waals surface area contributed by atoms with Crippen molar-refractivity contribution in [1.29, 1.82) is 0 Å². The molecular formula is C13H16N2O4. The summed E-state index contributed by atoms with van der Waals surface area (Å²) in [5.74, 6) is -1.15. The van der Waals surface area contributed by atoms with Gasteiger partial charge in [0.1, 0.15) is 11.8 Å². The molecule has 1 rings (SSSR count). The Hall–Kier alpha value is -2.50. The van der Waals surface area contributed by atoms with Crippen molar-refractivity contribution in [1.82, 2.24) is 5.32 Å². The molecule has 102 valence electrons. The molecule has 0 saturated carbocycles. The summed E-state index contributed by atoms with van der Waals surface area (Å²) in [5, 5.41) is 11.3. The van der Waals surface area contributed by atoms with Crippen LogP contribution in [0.3, 0.4) is 0 Å². The summed E-state index contributed by atoms with van der Waals surface area (Å²) in [5.41, 5.74) is 6.14. The van der Waals surface area contributed by atoms with Gasteiger partial charge in [0.15, 0.2) is 0 Å². The number of amides is 1. The molecule has 0 aromatic heterocycles. The van der Waals surface area contributed by atoms with Crippen LogP contribution in [0.25, 0.3) is 0 Å². The van der Waals surface area contributed by atoms with Crippen LogP contribution < -0.4 is 15.8 Å². The van der Waals surface area contributed by atoms with Crippen LogP contribution in [0.1, 0.15) is 16.8 Å². The molecule has 1 unspecified atom stereocenters. The van der Waals surface area contributed by atoms with Crippen molar-refractivity contribution in [3.05, 3.63) is 36.4 Å². The minimum absolute atomic E-state index is 0.136. The van der Waals surface area contributed by atoms with Crippen molar-refractivity contribution in [3.8, 4) is 5.75 Å². The van der Waals surface area contributed by atoms with E-state index in [9.17, 15) is 9.59 Å². The Morgan fingerprint density at radius 3 is 2.74 bits per heavy atom. The standard InChI is InChI=1S/C13H16N2O4/c1-3-4-11(13(17)18)15-12(16)9-6-5-8(19-2)7-10(9)14/h3,5-7,11H,1,4,14H2,2H3,(H,15,16)(H,17,18). The number of aliphatic carboxylic acids is 1. The van der Waals surface area contributed by atoms with Crippen molar-refractivity contribution in [2.75, 3.05) is 12.8 Å². The summed E-state index contributed by atoms with van der Waals surface area (Å²) >= 11 is 0. The highest BCUT2D eigenvalue weighted by Crippen LogP contribution is 2.19. The molecule has 0 fully saturated rings. The third-order valence-corrected chi connectivity index (χ3v) is 2.51. The van der Waals surface area contributed by atoms with E-state index in [1.165, 1.54) is 25.3 Å². The van der Waals surface area contributed by atoms with Gasteiger partial charge in [0.2, 0.25) is 0 Å². The molecular weight excluding hydrogens is 248 g/mol. The van der Waals surface area contributed by atoms with E-state index in [2.05, 4.69) is 11.9 Å². The molecule has 19 heavy (non-hydrogen) atoms. The Morgan fingerprint density at radius 1 is 1.58 bits per heavy atom. The normalized spacial score (nSPS) is 11.4. The fraction of sp³-hybridized carbons (Fsp3) is 0.231. The van der Waals surface area contributed by atoms with Gasteiger partial charge in [0, 0.05) is 11.8 Å². The first-order valence-electron chi connectivity index (χ1n) is 5.57.